The maximum Gasteiger partial charge on any atom is 0.229 e. The first-order chi connectivity index (χ1) is 25.2. The number of hydrogen-bond acceptors (Lipinski definition) is 7. The van der Waals surface area contributed by atoms with E-state index in [1.807, 2.05) is 97.1 Å². The van der Waals surface area contributed by atoms with Crippen molar-refractivity contribution in [2.75, 3.05) is 0 Å². The number of hydrogen-bond donors (Lipinski definition) is 0. The molecule has 6 aromatic carbocycles. The SMILES string of the molecule is c1ccc(-c2nc(-c3ccccc3)nc(-c3ccc(-c4nc(-c5ccc6cc7ccccc7cc6c5)c5oc6ncccc6c5n4)cc3)n2)cc1. The highest BCUT2D eigenvalue weighted by atomic mass is 16.3. The number of benzene rings is 6. The number of nitrogens with zero attached hydrogens (tertiary/aromatic N) is 6. The molecule has 7 heteroatoms. The van der Waals surface area contributed by atoms with Crippen molar-refractivity contribution in [3.05, 3.63) is 158 Å². The van der Waals surface area contributed by atoms with Gasteiger partial charge in [0, 0.05) is 34.0 Å². The summed E-state index contributed by atoms with van der Waals surface area (Å²) in [4.78, 5) is 29.3. The van der Waals surface area contributed by atoms with E-state index in [0.717, 1.165) is 49.5 Å². The first kappa shape index (κ1) is 28.9. The van der Waals surface area contributed by atoms with Gasteiger partial charge in [-0.15, -0.1) is 0 Å². The van der Waals surface area contributed by atoms with Crippen LogP contribution in [0.15, 0.2) is 162 Å². The zero-order valence-corrected chi connectivity index (χ0v) is 27.1. The van der Waals surface area contributed by atoms with Crippen LogP contribution in [0.25, 0.3) is 101 Å². The maximum atomic E-state index is 6.32. The molecule has 0 amide bonds. The quantitative estimate of drug-likeness (QED) is 0.171. The minimum Gasteiger partial charge on any atom is -0.434 e. The Kier molecular flexibility index (Phi) is 6.67. The lowest BCUT2D eigenvalue weighted by Gasteiger charge is -2.10. The van der Waals surface area contributed by atoms with Crippen LogP contribution >= 0.6 is 0 Å². The molecule has 0 unspecified atom stereocenters. The van der Waals surface area contributed by atoms with Gasteiger partial charge in [0.1, 0.15) is 11.2 Å². The average molecular weight is 655 g/mol. The van der Waals surface area contributed by atoms with Gasteiger partial charge in [-0.25, -0.2) is 29.9 Å². The predicted molar refractivity (Wildman–Crippen MR) is 203 cm³/mol. The molecule has 0 aliphatic carbocycles. The third-order valence-electron chi connectivity index (χ3n) is 9.17. The highest BCUT2D eigenvalue weighted by Gasteiger charge is 2.20. The standard InChI is InChI=1S/C44H26N6O/c1-3-10-27(11-4-1)41-48-42(28-12-5-2-6-13-28)50-43(49-41)30-19-17-29(18-20-30)40-46-37(39-38(47-40)36-16-9-23-45-44(36)51-39)34-22-21-33-24-31-14-7-8-15-32(31)25-35(33)26-34/h1-26H. The largest absolute Gasteiger partial charge is 0.434 e. The molecule has 0 saturated carbocycles. The topological polar surface area (TPSA) is 90.5 Å². The van der Waals surface area contributed by atoms with Crippen LogP contribution in [-0.4, -0.2) is 29.9 Å². The molecule has 4 heterocycles. The van der Waals surface area contributed by atoms with E-state index in [9.17, 15) is 0 Å². The molecule has 0 spiro atoms. The van der Waals surface area contributed by atoms with E-state index in [0.29, 0.717) is 40.3 Å². The Morgan fingerprint density at radius 3 is 1.51 bits per heavy atom. The van der Waals surface area contributed by atoms with Crippen LogP contribution in [-0.2, 0) is 0 Å². The van der Waals surface area contributed by atoms with Crippen LogP contribution in [0.5, 0.6) is 0 Å². The second kappa shape index (κ2) is 11.8. The van der Waals surface area contributed by atoms with Crippen molar-refractivity contribution in [1.82, 2.24) is 29.9 Å². The fraction of sp³-hybridized carbons (Fsp3) is 0. The van der Waals surface area contributed by atoms with E-state index in [1.54, 1.807) is 6.20 Å². The molecule has 0 aliphatic heterocycles. The first-order valence-electron chi connectivity index (χ1n) is 16.7. The van der Waals surface area contributed by atoms with Gasteiger partial charge in [-0.05, 0) is 51.9 Å². The Morgan fingerprint density at radius 2 is 0.882 bits per heavy atom. The summed E-state index contributed by atoms with van der Waals surface area (Å²) >= 11 is 0. The van der Waals surface area contributed by atoms with Crippen LogP contribution in [0, 0.1) is 0 Å². The lowest BCUT2D eigenvalue weighted by molar-refractivity contribution is 0.652. The number of fused-ring (bicyclic) bond motifs is 5. The number of furan rings is 1. The summed E-state index contributed by atoms with van der Waals surface area (Å²) < 4.78 is 6.32. The molecule has 0 bridgehead atoms. The molecule has 10 aromatic rings. The summed E-state index contributed by atoms with van der Waals surface area (Å²) in [5.41, 5.74) is 7.07. The Labute approximate surface area is 292 Å². The van der Waals surface area contributed by atoms with Crippen LogP contribution in [0.4, 0.5) is 0 Å². The molecule has 0 atom stereocenters. The van der Waals surface area contributed by atoms with Gasteiger partial charge >= 0.3 is 0 Å². The predicted octanol–water partition coefficient (Wildman–Crippen LogP) is 10.6. The van der Waals surface area contributed by atoms with Gasteiger partial charge in [-0.1, -0.05) is 121 Å². The van der Waals surface area contributed by atoms with Crippen molar-refractivity contribution in [3.63, 3.8) is 0 Å². The number of pyridine rings is 1. The van der Waals surface area contributed by atoms with Crippen molar-refractivity contribution in [2.24, 2.45) is 0 Å². The number of aromatic nitrogens is 6. The van der Waals surface area contributed by atoms with Gasteiger partial charge in [0.25, 0.3) is 0 Å². The van der Waals surface area contributed by atoms with E-state index >= 15 is 0 Å². The minimum atomic E-state index is 0.528. The fourth-order valence-corrected chi connectivity index (χ4v) is 6.60. The van der Waals surface area contributed by atoms with E-state index in [-0.39, 0.29) is 0 Å². The highest BCUT2D eigenvalue weighted by Crippen LogP contribution is 2.37. The van der Waals surface area contributed by atoms with Gasteiger partial charge in [-0.2, -0.15) is 0 Å². The Balaban J connectivity index is 1.10. The fourth-order valence-electron chi connectivity index (χ4n) is 6.60. The van der Waals surface area contributed by atoms with Crippen molar-refractivity contribution < 1.29 is 4.42 Å². The molecule has 4 aromatic heterocycles. The summed E-state index contributed by atoms with van der Waals surface area (Å²) in [5.74, 6) is 2.40. The van der Waals surface area contributed by atoms with Gasteiger partial charge in [0.05, 0.1) is 5.39 Å². The second-order valence-electron chi connectivity index (χ2n) is 12.4. The van der Waals surface area contributed by atoms with Crippen molar-refractivity contribution in [2.45, 2.75) is 0 Å². The van der Waals surface area contributed by atoms with Crippen LogP contribution in [0.2, 0.25) is 0 Å². The Bertz CT molecular complexity index is 2850. The van der Waals surface area contributed by atoms with Gasteiger partial charge in [0.2, 0.25) is 5.71 Å². The molecule has 238 valence electrons. The molecule has 0 radical (unpaired) electrons. The first-order valence-corrected chi connectivity index (χ1v) is 16.7. The minimum absolute atomic E-state index is 0.528. The van der Waals surface area contributed by atoms with Crippen molar-refractivity contribution >= 4 is 43.7 Å². The molecule has 0 saturated heterocycles. The molecule has 0 N–H and O–H groups in total. The summed E-state index contributed by atoms with van der Waals surface area (Å²) in [6.45, 7) is 0. The van der Waals surface area contributed by atoms with Crippen molar-refractivity contribution in [1.29, 1.82) is 0 Å². The average Bonchev–Trinajstić information content (AvgIpc) is 3.59. The molecule has 10 rings (SSSR count). The Hall–Kier alpha value is -7.12. The van der Waals surface area contributed by atoms with Gasteiger partial charge in [-0.3, -0.25) is 0 Å². The monoisotopic (exact) mass is 654 g/mol. The molecular formula is C44H26N6O. The van der Waals surface area contributed by atoms with Crippen LogP contribution in [0.3, 0.4) is 0 Å². The summed E-state index contributed by atoms with van der Waals surface area (Å²) in [7, 11) is 0. The van der Waals surface area contributed by atoms with Crippen LogP contribution in [0.1, 0.15) is 0 Å². The normalized spacial score (nSPS) is 11.5. The summed E-state index contributed by atoms with van der Waals surface area (Å²) in [6, 6.07) is 51.2. The molecular weight excluding hydrogens is 629 g/mol. The van der Waals surface area contributed by atoms with Gasteiger partial charge < -0.3 is 4.42 Å². The molecule has 0 aliphatic rings. The van der Waals surface area contributed by atoms with Crippen LogP contribution < -0.4 is 0 Å². The second-order valence-corrected chi connectivity index (χ2v) is 12.4. The number of rotatable bonds is 5. The smallest absolute Gasteiger partial charge is 0.229 e. The highest BCUT2D eigenvalue weighted by molar-refractivity contribution is 6.07. The zero-order chi connectivity index (χ0) is 33.7. The molecule has 51 heavy (non-hydrogen) atoms. The summed E-state index contributed by atoms with van der Waals surface area (Å²) in [5, 5.41) is 5.52. The van der Waals surface area contributed by atoms with Gasteiger partial charge in [0.15, 0.2) is 28.9 Å². The van der Waals surface area contributed by atoms with E-state index < -0.39 is 0 Å². The molecule has 7 nitrogen and oxygen atoms in total. The lowest BCUT2D eigenvalue weighted by atomic mass is 10.00. The maximum absolute atomic E-state index is 6.32. The lowest BCUT2D eigenvalue weighted by Crippen LogP contribution is -2.00. The van der Waals surface area contributed by atoms with Crippen molar-refractivity contribution in [3.8, 4) is 56.8 Å². The van der Waals surface area contributed by atoms with E-state index in [4.69, 9.17) is 29.3 Å². The van der Waals surface area contributed by atoms with E-state index in [1.165, 1.54) is 10.8 Å². The zero-order valence-electron chi connectivity index (χ0n) is 27.1. The van der Waals surface area contributed by atoms with E-state index in [2.05, 4.69) is 59.6 Å². The molecule has 0 fully saturated rings. The third-order valence-corrected chi connectivity index (χ3v) is 9.17. The Morgan fingerprint density at radius 1 is 0.373 bits per heavy atom. The summed E-state index contributed by atoms with van der Waals surface area (Å²) in [6.07, 6.45) is 1.73. The third kappa shape index (κ3) is 5.16.